The summed E-state index contributed by atoms with van der Waals surface area (Å²) in [5, 5.41) is 2.81. The van der Waals surface area contributed by atoms with Gasteiger partial charge >= 0.3 is 0 Å². The van der Waals surface area contributed by atoms with Gasteiger partial charge in [0.2, 0.25) is 0 Å². The fourth-order valence-electron chi connectivity index (χ4n) is 3.20. The molecule has 0 atom stereocenters. The first-order chi connectivity index (χ1) is 12.5. The average molecular weight is 360 g/mol. The number of hydrogen-bond donors (Lipinski definition) is 0. The van der Waals surface area contributed by atoms with Crippen LogP contribution in [0.1, 0.15) is 23.7 Å². The molecule has 2 heterocycles. The normalized spacial score (nSPS) is 12.1. The molecular formula is C22H18ClN3. The molecule has 0 spiro atoms. The smallest absolute Gasteiger partial charge is 0.0972 e. The van der Waals surface area contributed by atoms with Gasteiger partial charge in [0.05, 0.1) is 33.1 Å². The Morgan fingerprint density at radius 3 is 2.46 bits per heavy atom. The van der Waals surface area contributed by atoms with E-state index in [9.17, 15) is 0 Å². The van der Waals surface area contributed by atoms with Gasteiger partial charge in [-0.05, 0) is 50.1 Å². The number of aromatic nitrogens is 2. The fraction of sp³-hybridized carbons (Fsp3) is 0.136. The van der Waals surface area contributed by atoms with Crippen molar-refractivity contribution in [2.45, 2.75) is 20.8 Å². The Morgan fingerprint density at radius 2 is 1.69 bits per heavy atom. The largest absolute Gasteiger partial charge is 0.254 e. The van der Waals surface area contributed by atoms with Crippen molar-refractivity contribution in [2.75, 3.05) is 0 Å². The molecule has 0 aliphatic carbocycles. The standard InChI is InChI=1S/C22H18ClN3/c1-13-11-14(2)20(18(23)12-13)25-15(3)19-9-8-17-7-6-16-5-4-10-24-21(16)22(17)26-19/h4-12H,1-3H3/b25-15-. The molecule has 3 nitrogen and oxygen atoms in total. The molecule has 26 heavy (non-hydrogen) atoms. The molecule has 0 aliphatic heterocycles. The number of aliphatic imine (C=N–C) groups is 1. The van der Waals surface area contributed by atoms with Crippen LogP contribution < -0.4 is 0 Å². The molecule has 0 unspecified atom stereocenters. The zero-order chi connectivity index (χ0) is 18.3. The lowest BCUT2D eigenvalue weighted by atomic mass is 10.1. The van der Waals surface area contributed by atoms with Crippen molar-refractivity contribution in [3.8, 4) is 0 Å². The maximum absolute atomic E-state index is 6.40. The summed E-state index contributed by atoms with van der Waals surface area (Å²) in [7, 11) is 0. The van der Waals surface area contributed by atoms with E-state index in [1.54, 1.807) is 6.20 Å². The Hall–Kier alpha value is -2.78. The summed E-state index contributed by atoms with van der Waals surface area (Å²) in [6, 6.07) is 16.2. The highest BCUT2D eigenvalue weighted by Gasteiger charge is 2.09. The van der Waals surface area contributed by atoms with E-state index < -0.39 is 0 Å². The van der Waals surface area contributed by atoms with E-state index in [-0.39, 0.29) is 0 Å². The van der Waals surface area contributed by atoms with Crippen LogP contribution in [-0.2, 0) is 0 Å². The lowest BCUT2D eigenvalue weighted by Crippen LogP contribution is -1.99. The summed E-state index contributed by atoms with van der Waals surface area (Å²) >= 11 is 6.40. The first-order valence-electron chi connectivity index (χ1n) is 8.50. The van der Waals surface area contributed by atoms with Gasteiger partial charge in [-0.25, -0.2) is 9.98 Å². The van der Waals surface area contributed by atoms with Gasteiger partial charge in [0, 0.05) is 17.0 Å². The van der Waals surface area contributed by atoms with Crippen molar-refractivity contribution in [3.63, 3.8) is 0 Å². The molecule has 4 aromatic rings. The minimum atomic E-state index is 0.662. The van der Waals surface area contributed by atoms with Gasteiger partial charge in [-0.1, -0.05) is 41.9 Å². The molecular weight excluding hydrogens is 342 g/mol. The monoisotopic (exact) mass is 359 g/mol. The molecule has 0 N–H and O–H groups in total. The summed E-state index contributed by atoms with van der Waals surface area (Å²) in [4.78, 5) is 14.1. The van der Waals surface area contributed by atoms with Crippen LogP contribution in [0.5, 0.6) is 0 Å². The SMILES string of the molecule is C/C(=N/c1c(C)cc(C)cc1Cl)c1ccc2ccc3cccnc3c2n1. The molecule has 2 aromatic heterocycles. The molecule has 0 aliphatic rings. The Morgan fingerprint density at radius 1 is 0.962 bits per heavy atom. The van der Waals surface area contributed by atoms with E-state index in [2.05, 4.69) is 29.2 Å². The van der Waals surface area contributed by atoms with Crippen molar-refractivity contribution in [3.05, 3.63) is 76.6 Å². The van der Waals surface area contributed by atoms with E-state index in [0.717, 1.165) is 50.0 Å². The van der Waals surface area contributed by atoms with Crippen molar-refractivity contribution < 1.29 is 0 Å². The third-order valence-electron chi connectivity index (χ3n) is 4.48. The molecule has 0 saturated heterocycles. The van der Waals surface area contributed by atoms with Gasteiger partial charge in [-0.15, -0.1) is 0 Å². The Balaban J connectivity index is 1.87. The molecule has 0 radical (unpaired) electrons. The number of hydrogen-bond acceptors (Lipinski definition) is 3. The molecule has 4 rings (SSSR count). The second kappa shape index (κ2) is 6.50. The first kappa shape index (κ1) is 16.7. The number of halogens is 1. The minimum Gasteiger partial charge on any atom is -0.254 e. The van der Waals surface area contributed by atoms with Crippen LogP contribution in [0, 0.1) is 13.8 Å². The van der Waals surface area contributed by atoms with Gasteiger partial charge in [0.25, 0.3) is 0 Å². The average Bonchev–Trinajstić information content (AvgIpc) is 2.64. The van der Waals surface area contributed by atoms with E-state index in [0.29, 0.717) is 5.02 Å². The van der Waals surface area contributed by atoms with Crippen molar-refractivity contribution in [1.82, 2.24) is 9.97 Å². The zero-order valence-corrected chi connectivity index (χ0v) is 15.7. The quantitative estimate of drug-likeness (QED) is 0.316. The van der Waals surface area contributed by atoms with Gasteiger partial charge in [0.1, 0.15) is 0 Å². The topological polar surface area (TPSA) is 38.1 Å². The first-order valence-corrected chi connectivity index (χ1v) is 8.87. The number of pyridine rings is 2. The molecule has 0 amide bonds. The number of benzene rings is 2. The Kier molecular flexibility index (Phi) is 4.17. The van der Waals surface area contributed by atoms with E-state index in [4.69, 9.17) is 21.6 Å². The molecule has 0 bridgehead atoms. The fourth-order valence-corrected chi connectivity index (χ4v) is 3.56. The predicted molar refractivity (Wildman–Crippen MR) is 110 cm³/mol. The Bertz CT molecular complexity index is 1160. The number of aryl methyl sites for hydroxylation is 2. The number of fused-ring (bicyclic) bond motifs is 3. The van der Waals surface area contributed by atoms with Crippen molar-refractivity contribution in [1.29, 1.82) is 0 Å². The molecule has 2 aromatic carbocycles. The van der Waals surface area contributed by atoms with Gasteiger partial charge < -0.3 is 0 Å². The van der Waals surface area contributed by atoms with Crippen LogP contribution in [-0.4, -0.2) is 15.7 Å². The third-order valence-corrected chi connectivity index (χ3v) is 4.77. The van der Waals surface area contributed by atoms with Crippen LogP contribution in [0.25, 0.3) is 21.8 Å². The third kappa shape index (κ3) is 2.95. The summed E-state index contributed by atoms with van der Waals surface area (Å²) in [5.41, 5.74) is 6.44. The summed E-state index contributed by atoms with van der Waals surface area (Å²) in [6.45, 7) is 6.01. The van der Waals surface area contributed by atoms with Crippen LogP contribution in [0.3, 0.4) is 0 Å². The van der Waals surface area contributed by atoms with Gasteiger partial charge in [-0.3, -0.25) is 4.98 Å². The lowest BCUT2D eigenvalue weighted by molar-refractivity contribution is 1.31. The summed E-state index contributed by atoms with van der Waals surface area (Å²) in [6.07, 6.45) is 1.80. The van der Waals surface area contributed by atoms with Crippen LogP contribution in [0.4, 0.5) is 5.69 Å². The maximum atomic E-state index is 6.40. The number of nitrogens with zero attached hydrogens (tertiary/aromatic N) is 3. The molecule has 4 heteroatoms. The highest BCUT2D eigenvalue weighted by atomic mass is 35.5. The zero-order valence-electron chi connectivity index (χ0n) is 14.9. The number of rotatable bonds is 2. The summed E-state index contributed by atoms with van der Waals surface area (Å²) in [5.74, 6) is 0. The molecule has 0 fully saturated rings. The van der Waals surface area contributed by atoms with E-state index in [1.807, 2.05) is 45.0 Å². The maximum Gasteiger partial charge on any atom is 0.0972 e. The Labute approximate surface area is 157 Å². The molecule has 0 saturated carbocycles. The van der Waals surface area contributed by atoms with Crippen molar-refractivity contribution in [2.24, 2.45) is 4.99 Å². The van der Waals surface area contributed by atoms with Gasteiger partial charge in [-0.2, -0.15) is 0 Å². The van der Waals surface area contributed by atoms with Crippen LogP contribution in [0.15, 0.2) is 59.7 Å². The van der Waals surface area contributed by atoms with E-state index in [1.165, 1.54) is 0 Å². The highest BCUT2D eigenvalue weighted by molar-refractivity contribution is 6.33. The van der Waals surface area contributed by atoms with Gasteiger partial charge in [0.15, 0.2) is 0 Å². The lowest BCUT2D eigenvalue weighted by Gasteiger charge is -2.08. The molecule has 128 valence electrons. The highest BCUT2D eigenvalue weighted by Crippen LogP contribution is 2.31. The predicted octanol–water partition coefficient (Wildman–Crippen LogP) is 6.19. The van der Waals surface area contributed by atoms with Crippen molar-refractivity contribution >= 4 is 44.8 Å². The second-order valence-corrected chi connectivity index (χ2v) is 6.93. The second-order valence-electron chi connectivity index (χ2n) is 6.52. The van der Waals surface area contributed by atoms with E-state index >= 15 is 0 Å². The minimum absolute atomic E-state index is 0.662. The van der Waals surface area contributed by atoms with Crippen LogP contribution >= 0.6 is 11.6 Å². The summed E-state index contributed by atoms with van der Waals surface area (Å²) < 4.78 is 0. The van der Waals surface area contributed by atoms with Crippen LogP contribution in [0.2, 0.25) is 5.02 Å².